The molecule has 0 atom stereocenters. The minimum Gasteiger partial charge on any atom is -0.399 e. The first-order valence-corrected chi connectivity index (χ1v) is 6.76. The monoisotopic (exact) mass is 271 g/mol. The number of nitrogens with two attached hydrogens (primary N) is 1. The third kappa shape index (κ3) is 3.07. The maximum Gasteiger partial charge on any atom is 0.143 e. The first-order valence-electron chi connectivity index (χ1n) is 6.76. The fourth-order valence-electron chi connectivity index (χ4n) is 2.23. The molecule has 0 unspecified atom stereocenters. The molecule has 106 valence electrons. The Labute approximate surface area is 119 Å². The van der Waals surface area contributed by atoms with Crippen LogP contribution < -0.4 is 5.73 Å². The molecule has 1 aromatic carbocycles. The fraction of sp³-hybridized carbons (Fsp3) is 0.375. The maximum atomic E-state index is 12.5. The van der Waals surface area contributed by atoms with Gasteiger partial charge in [-0.05, 0) is 43.5 Å². The number of anilines is 1. The first-order chi connectivity index (χ1) is 9.39. The lowest BCUT2D eigenvalue weighted by Crippen LogP contribution is -2.29. The molecule has 1 aromatic heterocycles. The van der Waals surface area contributed by atoms with Gasteiger partial charge in [-0.2, -0.15) is 5.10 Å². The SMILES string of the molecule is Cn1cc(CCC(=O)C(C)(C)c2ccc(N)cc2)cn1. The van der Waals surface area contributed by atoms with Crippen molar-refractivity contribution in [1.82, 2.24) is 9.78 Å². The van der Waals surface area contributed by atoms with Gasteiger partial charge in [-0.15, -0.1) is 0 Å². The van der Waals surface area contributed by atoms with Crippen LogP contribution in [-0.2, 0) is 23.7 Å². The number of nitrogen functional groups attached to an aromatic ring is 1. The van der Waals surface area contributed by atoms with E-state index in [1.165, 1.54) is 0 Å². The van der Waals surface area contributed by atoms with E-state index in [-0.39, 0.29) is 5.78 Å². The molecular weight excluding hydrogens is 250 g/mol. The van der Waals surface area contributed by atoms with E-state index in [1.807, 2.05) is 57.6 Å². The van der Waals surface area contributed by atoms with Crippen molar-refractivity contribution < 1.29 is 4.79 Å². The van der Waals surface area contributed by atoms with Gasteiger partial charge in [0.15, 0.2) is 0 Å². The number of nitrogens with zero attached hydrogens (tertiary/aromatic N) is 2. The van der Waals surface area contributed by atoms with Crippen LogP contribution in [0.5, 0.6) is 0 Å². The summed E-state index contributed by atoms with van der Waals surface area (Å²) in [6.45, 7) is 3.92. The number of hydrogen-bond donors (Lipinski definition) is 1. The highest BCUT2D eigenvalue weighted by Gasteiger charge is 2.28. The molecule has 0 fully saturated rings. The highest BCUT2D eigenvalue weighted by atomic mass is 16.1. The number of carbonyl (C=O) groups is 1. The van der Waals surface area contributed by atoms with Gasteiger partial charge >= 0.3 is 0 Å². The first kappa shape index (κ1) is 14.3. The summed E-state index contributed by atoms with van der Waals surface area (Å²) in [5.74, 6) is 0.228. The predicted octanol–water partition coefficient (Wildman–Crippen LogP) is 2.48. The van der Waals surface area contributed by atoms with E-state index in [4.69, 9.17) is 5.73 Å². The minimum absolute atomic E-state index is 0.228. The van der Waals surface area contributed by atoms with E-state index >= 15 is 0 Å². The molecule has 0 aliphatic carbocycles. The molecule has 4 nitrogen and oxygen atoms in total. The molecule has 1 heterocycles. The third-order valence-electron chi connectivity index (χ3n) is 3.73. The van der Waals surface area contributed by atoms with Gasteiger partial charge in [0.25, 0.3) is 0 Å². The molecule has 4 heteroatoms. The van der Waals surface area contributed by atoms with Crippen molar-refractivity contribution in [2.75, 3.05) is 5.73 Å². The summed E-state index contributed by atoms with van der Waals surface area (Å²) in [4.78, 5) is 12.5. The van der Waals surface area contributed by atoms with Gasteiger partial charge in [-0.1, -0.05) is 12.1 Å². The molecule has 2 rings (SSSR count). The molecule has 2 aromatic rings. The number of aryl methyl sites for hydroxylation is 2. The van der Waals surface area contributed by atoms with Crippen LogP contribution >= 0.6 is 0 Å². The van der Waals surface area contributed by atoms with Crippen LogP contribution in [0.3, 0.4) is 0 Å². The number of hydrogen-bond acceptors (Lipinski definition) is 3. The summed E-state index contributed by atoms with van der Waals surface area (Å²) in [6.07, 6.45) is 5.00. The number of Topliss-reactive ketones (excluding diaryl/α,β-unsaturated/α-hetero) is 1. The second-order valence-electron chi connectivity index (χ2n) is 5.69. The predicted molar refractivity (Wildman–Crippen MR) is 80.4 cm³/mol. The lowest BCUT2D eigenvalue weighted by Gasteiger charge is -2.23. The number of ketones is 1. The van der Waals surface area contributed by atoms with E-state index in [0.717, 1.165) is 17.5 Å². The van der Waals surface area contributed by atoms with Gasteiger partial charge in [-0.25, -0.2) is 0 Å². The van der Waals surface area contributed by atoms with Crippen LogP contribution in [0.4, 0.5) is 5.69 Å². The lowest BCUT2D eigenvalue weighted by molar-refractivity contribution is -0.123. The summed E-state index contributed by atoms with van der Waals surface area (Å²) in [5.41, 5.74) is 8.01. The summed E-state index contributed by atoms with van der Waals surface area (Å²) in [6, 6.07) is 7.53. The van der Waals surface area contributed by atoms with Crippen LogP contribution in [0.15, 0.2) is 36.7 Å². The molecule has 0 saturated carbocycles. The second kappa shape index (κ2) is 5.49. The van der Waals surface area contributed by atoms with E-state index in [0.29, 0.717) is 12.1 Å². The highest BCUT2D eigenvalue weighted by Crippen LogP contribution is 2.26. The Morgan fingerprint density at radius 1 is 1.30 bits per heavy atom. The molecule has 0 spiro atoms. The van der Waals surface area contributed by atoms with E-state index < -0.39 is 5.41 Å². The molecule has 20 heavy (non-hydrogen) atoms. The Balaban J connectivity index is 2.05. The van der Waals surface area contributed by atoms with Gasteiger partial charge in [-0.3, -0.25) is 9.48 Å². The van der Waals surface area contributed by atoms with E-state index in [2.05, 4.69) is 5.10 Å². The molecule has 0 aliphatic rings. The van der Waals surface area contributed by atoms with E-state index in [9.17, 15) is 4.79 Å². The van der Waals surface area contributed by atoms with Crippen LogP contribution in [0.2, 0.25) is 0 Å². The Morgan fingerprint density at radius 2 is 1.95 bits per heavy atom. The van der Waals surface area contributed by atoms with Crippen molar-refractivity contribution >= 4 is 11.5 Å². The van der Waals surface area contributed by atoms with Crippen molar-refractivity contribution in [3.05, 3.63) is 47.8 Å². The van der Waals surface area contributed by atoms with Crippen LogP contribution in [0.25, 0.3) is 0 Å². The number of rotatable bonds is 5. The van der Waals surface area contributed by atoms with Crippen molar-refractivity contribution in [2.45, 2.75) is 32.1 Å². The largest absolute Gasteiger partial charge is 0.399 e. The van der Waals surface area contributed by atoms with Crippen LogP contribution in [0, 0.1) is 0 Å². The zero-order valence-electron chi connectivity index (χ0n) is 12.3. The smallest absolute Gasteiger partial charge is 0.143 e. The van der Waals surface area contributed by atoms with E-state index in [1.54, 1.807) is 4.68 Å². The lowest BCUT2D eigenvalue weighted by atomic mass is 9.79. The van der Waals surface area contributed by atoms with Gasteiger partial charge in [0.2, 0.25) is 0 Å². The second-order valence-corrected chi connectivity index (χ2v) is 5.69. The highest BCUT2D eigenvalue weighted by molar-refractivity contribution is 5.89. The average molecular weight is 271 g/mol. The minimum atomic E-state index is -0.490. The Bertz CT molecular complexity index is 596. The van der Waals surface area contributed by atoms with Crippen molar-refractivity contribution in [3.8, 4) is 0 Å². The third-order valence-corrected chi connectivity index (χ3v) is 3.73. The molecule has 0 radical (unpaired) electrons. The summed E-state index contributed by atoms with van der Waals surface area (Å²) < 4.78 is 1.75. The van der Waals surface area contributed by atoms with Crippen molar-refractivity contribution in [2.24, 2.45) is 7.05 Å². The zero-order valence-corrected chi connectivity index (χ0v) is 12.3. The standard InChI is InChI=1S/C16H21N3O/c1-16(2,13-5-7-14(17)8-6-13)15(20)9-4-12-10-18-19(3)11-12/h5-8,10-11H,4,9,17H2,1-3H3. The fourth-order valence-corrected chi connectivity index (χ4v) is 2.23. The summed E-state index contributed by atoms with van der Waals surface area (Å²) >= 11 is 0. The van der Waals surface area contributed by atoms with Crippen LogP contribution in [-0.4, -0.2) is 15.6 Å². The zero-order chi connectivity index (χ0) is 14.8. The Hall–Kier alpha value is -2.10. The molecule has 0 aliphatic heterocycles. The maximum absolute atomic E-state index is 12.5. The Morgan fingerprint density at radius 3 is 2.50 bits per heavy atom. The average Bonchev–Trinajstić information content (AvgIpc) is 2.82. The topological polar surface area (TPSA) is 60.9 Å². The quantitative estimate of drug-likeness (QED) is 0.850. The van der Waals surface area contributed by atoms with Crippen molar-refractivity contribution in [1.29, 1.82) is 0 Å². The Kier molecular flexibility index (Phi) is 3.93. The number of benzene rings is 1. The van der Waals surface area contributed by atoms with Gasteiger partial charge in [0, 0.05) is 30.8 Å². The molecular formula is C16H21N3O. The van der Waals surface area contributed by atoms with Crippen molar-refractivity contribution in [3.63, 3.8) is 0 Å². The van der Waals surface area contributed by atoms with Gasteiger partial charge in [0.1, 0.15) is 5.78 Å². The summed E-state index contributed by atoms with van der Waals surface area (Å²) in [7, 11) is 1.88. The molecule has 0 bridgehead atoms. The van der Waals surface area contributed by atoms with Gasteiger partial charge in [0.05, 0.1) is 6.20 Å². The molecule has 0 amide bonds. The van der Waals surface area contributed by atoms with Crippen LogP contribution in [0.1, 0.15) is 31.4 Å². The normalized spacial score (nSPS) is 11.6. The number of carbonyl (C=O) groups excluding carboxylic acids is 1. The molecule has 0 saturated heterocycles. The molecule has 2 N–H and O–H groups in total. The van der Waals surface area contributed by atoms with Gasteiger partial charge < -0.3 is 5.73 Å². The number of aromatic nitrogens is 2. The summed E-state index contributed by atoms with van der Waals surface area (Å²) in [5, 5.41) is 4.12.